The topological polar surface area (TPSA) is 114 Å². The summed E-state index contributed by atoms with van der Waals surface area (Å²) < 4.78 is 32.6. The number of carbonyl (C=O) groups excluding carboxylic acids is 2. The Morgan fingerprint density at radius 3 is 2.65 bits per heavy atom. The number of carbonyl (C=O) groups is 2. The smallest absolute Gasteiger partial charge is 0.337 e. The highest BCUT2D eigenvalue weighted by Crippen LogP contribution is 2.25. The molecule has 8 nitrogen and oxygen atoms in total. The number of thiazole rings is 1. The predicted octanol–water partition coefficient (Wildman–Crippen LogP) is 3.24. The average Bonchev–Trinajstić information content (AvgIpc) is 3.24. The summed E-state index contributed by atoms with van der Waals surface area (Å²) in [6.07, 6.45) is 0.117. The van der Waals surface area contributed by atoms with E-state index in [1.807, 2.05) is 0 Å². The molecule has 3 aromatic rings. The zero-order valence-electron chi connectivity index (χ0n) is 16.3. The Morgan fingerprint density at radius 1 is 1.19 bits per heavy atom. The van der Waals surface area contributed by atoms with Gasteiger partial charge in [0, 0.05) is 11.9 Å². The highest BCUT2D eigenvalue weighted by atomic mass is 35.5. The summed E-state index contributed by atoms with van der Waals surface area (Å²) in [5.41, 5.74) is 3.06. The van der Waals surface area contributed by atoms with Gasteiger partial charge in [0.15, 0.2) is 0 Å². The Kier molecular flexibility index (Phi) is 7.26. The van der Waals surface area contributed by atoms with E-state index in [1.165, 1.54) is 48.8 Å². The number of nitrogens with one attached hydrogen (secondary N) is 2. The van der Waals surface area contributed by atoms with E-state index in [4.69, 9.17) is 16.3 Å². The fraction of sp³-hybridized carbons (Fsp3) is 0.150. The number of benzene rings is 2. The number of hydrogen-bond donors (Lipinski definition) is 2. The van der Waals surface area contributed by atoms with Crippen LogP contribution < -0.4 is 10.0 Å². The van der Waals surface area contributed by atoms with Crippen LogP contribution in [0.5, 0.6) is 0 Å². The van der Waals surface area contributed by atoms with Gasteiger partial charge in [0.05, 0.1) is 41.0 Å². The number of nitrogens with zero attached hydrogens (tertiary/aromatic N) is 1. The molecule has 31 heavy (non-hydrogen) atoms. The van der Waals surface area contributed by atoms with Gasteiger partial charge >= 0.3 is 5.97 Å². The number of esters is 1. The highest BCUT2D eigenvalue weighted by molar-refractivity contribution is 7.92. The van der Waals surface area contributed by atoms with Gasteiger partial charge in [0.2, 0.25) is 5.91 Å². The second kappa shape index (κ2) is 9.90. The lowest BCUT2D eigenvalue weighted by Crippen LogP contribution is -2.25. The molecule has 1 amide bonds. The maximum Gasteiger partial charge on any atom is 0.337 e. The molecule has 2 N–H and O–H groups in total. The van der Waals surface area contributed by atoms with Crippen molar-refractivity contribution in [3.8, 4) is 0 Å². The fourth-order valence-corrected chi connectivity index (χ4v) is 4.83. The Morgan fingerprint density at radius 2 is 1.97 bits per heavy atom. The SMILES string of the molecule is COC(=O)c1cc(CNC(=O)Cc2cscn2)cc(NS(=O)(=O)c2ccccc2Cl)c1. The molecule has 0 aliphatic rings. The van der Waals surface area contributed by atoms with Crippen LogP contribution in [0.3, 0.4) is 0 Å². The molecule has 0 bridgehead atoms. The van der Waals surface area contributed by atoms with Crippen LogP contribution in [0.4, 0.5) is 5.69 Å². The van der Waals surface area contributed by atoms with E-state index in [-0.39, 0.29) is 40.0 Å². The van der Waals surface area contributed by atoms with Crippen LogP contribution in [0.25, 0.3) is 0 Å². The van der Waals surface area contributed by atoms with Crippen molar-refractivity contribution in [3.05, 3.63) is 75.2 Å². The van der Waals surface area contributed by atoms with Crippen LogP contribution in [0.2, 0.25) is 5.02 Å². The molecule has 162 valence electrons. The zero-order chi connectivity index (χ0) is 22.4. The van der Waals surface area contributed by atoms with Crippen molar-refractivity contribution in [1.29, 1.82) is 0 Å². The van der Waals surface area contributed by atoms with Crippen LogP contribution in [-0.2, 0) is 32.5 Å². The van der Waals surface area contributed by atoms with E-state index in [9.17, 15) is 18.0 Å². The van der Waals surface area contributed by atoms with Gasteiger partial charge in [-0.1, -0.05) is 23.7 Å². The number of rotatable bonds is 8. The van der Waals surface area contributed by atoms with Crippen LogP contribution in [0.1, 0.15) is 21.6 Å². The number of sulfonamides is 1. The van der Waals surface area contributed by atoms with E-state index in [0.717, 1.165) is 0 Å². The van der Waals surface area contributed by atoms with Crippen molar-refractivity contribution < 1.29 is 22.7 Å². The lowest BCUT2D eigenvalue weighted by Gasteiger charge is -2.13. The molecule has 0 saturated heterocycles. The van der Waals surface area contributed by atoms with Crippen molar-refractivity contribution in [2.24, 2.45) is 0 Å². The Balaban J connectivity index is 1.82. The molecule has 0 unspecified atom stereocenters. The van der Waals surface area contributed by atoms with Gasteiger partial charge in [-0.15, -0.1) is 11.3 Å². The average molecular weight is 480 g/mol. The standard InChI is InChI=1S/C20H18ClN3O5S2/c1-29-20(26)14-6-13(10-22-19(25)9-16-11-30-12-23-16)7-15(8-14)24-31(27,28)18-5-3-2-4-17(18)21/h2-8,11-12,24H,9-10H2,1H3,(H,22,25). The van der Waals surface area contributed by atoms with E-state index >= 15 is 0 Å². The third-order valence-corrected chi connectivity index (χ3v) is 6.62. The molecule has 1 aromatic heterocycles. The molecular formula is C20H18ClN3O5S2. The summed E-state index contributed by atoms with van der Waals surface area (Å²) in [5, 5.41) is 4.57. The quantitative estimate of drug-likeness (QED) is 0.479. The number of hydrogen-bond acceptors (Lipinski definition) is 7. The Bertz CT molecular complexity index is 1200. The minimum atomic E-state index is -4.00. The van der Waals surface area contributed by atoms with Gasteiger partial charge in [0.25, 0.3) is 10.0 Å². The lowest BCUT2D eigenvalue weighted by atomic mass is 10.1. The van der Waals surface area contributed by atoms with Crippen molar-refractivity contribution in [1.82, 2.24) is 10.3 Å². The lowest BCUT2D eigenvalue weighted by molar-refractivity contribution is -0.120. The van der Waals surface area contributed by atoms with Gasteiger partial charge in [-0.25, -0.2) is 18.2 Å². The molecule has 11 heteroatoms. The molecule has 0 fully saturated rings. The van der Waals surface area contributed by atoms with Crippen molar-refractivity contribution in [2.45, 2.75) is 17.9 Å². The molecule has 0 radical (unpaired) electrons. The number of amides is 1. The second-order valence-corrected chi connectivity index (χ2v) is 9.16. The molecule has 0 atom stereocenters. The van der Waals surface area contributed by atoms with Crippen LogP contribution in [-0.4, -0.2) is 32.4 Å². The van der Waals surface area contributed by atoms with E-state index in [0.29, 0.717) is 11.3 Å². The molecule has 0 spiro atoms. The summed E-state index contributed by atoms with van der Waals surface area (Å²) in [7, 11) is -2.78. The second-order valence-electron chi connectivity index (χ2n) is 6.38. The number of ether oxygens (including phenoxy) is 1. The van der Waals surface area contributed by atoms with Gasteiger partial charge in [-0.3, -0.25) is 9.52 Å². The number of anilines is 1. The summed E-state index contributed by atoms with van der Waals surface area (Å²) >= 11 is 7.40. The van der Waals surface area contributed by atoms with Gasteiger partial charge in [0.1, 0.15) is 4.90 Å². The van der Waals surface area contributed by atoms with Gasteiger partial charge in [-0.2, -0.15) is 0 Å². The summed E-state index contributed by atoms with van der Waals surface area (Å²) in [6.45, 7) is 0.0780. The molecule has 3 rings (SSSR count). The van der Waals surface area contributed by atoms with Gasteiger partial charge in [-0.05, 0) is 35.9 Å². The minimum Gasteiger partial charge on any atom is -0.465 e. The normalized spacial score (nSPS) is 11.0. The van der Waals surface area contributed by atoms with Crippen LogP contribution in [0, 0.1) is 0 Å². The summed E-state index contributed by atoms with van der Waals surface area (Å²) in [6, 6.07) is 10.4. The van der Waals surface area contributed by atoms with E-state index in [1.54, 1.807) is 23.0 Å². The molecule has 0 saturated carbocycles. The predicted molar refractivity (Wildman–Crippen MR) is 118 cm³/mol. The molecule has 2 aromatic carbocycles. The number of aromatic nitrogens is 1. The maximum atomic E-state index is 12.7. The monoisotopic (exact) mass is 479 g/mol. The Labute approximate surface area is 188 Å². The van der Waals surface area contributed by atoms with Crippen molar-refractivity contribution >= 4 is 50.5 Å². The van der Waals surface area contributed by atoms with Crippen molar-refractivity contribution in [2.75, 3.05) is 11.8 Å². The first kappa shape index (κ1) is 22.7. The highest BCUT2D eigenvalue weighted by Gasteiger charge is 2.19. The molecule has 0 aliphatic heterocycles. The van der Waals surface area contributed by atoms with Gasteiger partial charge < -0.3 is 10.1 Å². The zero-order valence-corrected chi connectivity index (χ0v) is 18.7. The van der Waals surface area contributed by atoms with Crippen molar-refractivity contribution in [3.63, 3.8) is 0 Å². The molecule has 0 aliphatic carbocycles. The van der Waals surface area contributed by atoms with E-state index < -0.39 is 16.0 Å². The first-order valence-corrected chi connectivity index (χ1v) is 11.7. The Hall–Kier alpha value is -2.95. The third-order valence-electron chi connectivity index (χ3n) is 4.11. The third kappa shape index (κ3) is 6.03. The number of methoxy groups -OCH3 is 1. The molecular weight excluding hydrogens is 462 g/mol. The fourth-order valence-electron chi connectivity index (χ4n) is 2.71. The molecule has 1 heterocycles. The first-order valence-electron chi connectivity index (χ1n) is 8.92. The maximum absolute atomic E-state index is 12.7. The number of halogens is 1. The van der Waals surface area contributed by atoms with Crippen LogP contribution in [0.15, 0.2) is 58.3 Å². The van der Waals surface area contributed by atoms with Crippen LogP contribution >= 0.6 is 22.9 Å². The van der Waals surface area contributed by atoms with E-state index in [2.05, 4.69) is 15.0 Å². The minimum absolute atomic E-state index is 0.0636. The largest absolute Gasteiger partial charge is 0.465 e. The summed E-state index contributed by atoms with van der Waals surface area (Å²) in [4.78, 5) is 28.1. The first-order chi connectivity index (χ1) is 14.8. The summed E-state index contributed by atoms with van der Waals surface area (Å²) in [5.74, 6) is -0.901.